The first-order chi connectivity index (χ1) is 6.49. The Bertz CT molecular complexity index is 146. The van der Waals surface area contributed by atoms with Crippen molar-refractivity contribution in [2.24, 2.45) is 0 Å². The Morgan fingerprint density at radius 3 is 2.29 bits per heavy atom. The van der Waals surface area contributed by atoms with E-state index in [4.69, 9.17) is 0 Å². The van der Waals surface area contributed by atoms with E-state index in [2.05, 4.69) is 17.0 Å². The molecule has 84 valence electrons. The standard InChI is InChI=1S/C6H13N.C5H10O2/c1-2-6-4-3-5-7-6;1-5(2,3)7-4-6/h6-7H,2-5H2,1H3;4H,1-3H3. The van der Waals surface area contributed by atoms with Crippen LogP contribution in [0.1, 0.15) is 47.0 Å². The molecule has 0 amide bonds. The molecule has 1 rings (SSSR count). The van der Waals surface area contributed by atoms with Crippen molar-refractivity contribution in [3.8, 4) is 0 Å². The lowest BCUT2D eigenvalue weighted by atomic mass is 10.2. The number of nitrogens with one attached hydrogen (secondary N) is 1. The van der Waals surface area contributed by atoms with Gasteiger partial charge in [0.1, 0.15) is 5.60 Å². The fraction of sp³-hybridized carbons (Fsp3) is 0.909. The van der Waals surface area contributed by atoms with Gasteiger partial charge in [-0.3, -0.25) is 4.79 Å². The van der Waals surface area contributed by atoms with Crippen molar-refractivity contribution in [3.05, 3.63) is 0 Å². The molecule has 1 unspecified atom stereocenters. The highest BCUT2D eigenvalue weighted by atomic mass is 16.5. The Morgan fingerprint density at radius 2 is 2.14 bits per heavy atom. The molecule has 0 aliphatic carbocycles. The predicted molar refractivity (Wildman–Crippen MR) is 58.2 cm³/mol. The molecular formula is C11H23NO2. The largest absolute Gasteiger partial charge is 0.462 e. The minimum Gasteiger partial charge on any atom is -0.462 e. The van der Waals surface area contributed by atoms with Gasteiger partial charge in [0.2, 0.25) is 0 Å². The summed E-state index contributed by atoms with van der Waals surface area (Å²) in [6, 6.07) is 0.847. The van der Waals surface area contributed by atoms with Gasteiger partial charge in [-0.05, 0) is 46.6 Å². The van der Waals surface area contributed by atoms with E-state index < -0.39 is 0 Å². The van der Waals surface area contributed by atoms with Crippen LogP contribution >= 0.6 is 0 Å². The zero-order chi connectivity index (χ0) is 11.0. The van der Waals surface area contributed by atoms with Gasteiger partial charge in [0.15, 0.2) is 0 Å². The Hall–Kier alpha value is -0.570. The Labute approximate surface area is 87.2 Å². The molecule has 1 fully saturated rings. The number of rotatable bonds is 2. The molecule has 1 heterocycles. The Morgan fingerprint density at radius 1 is 1.50 bits per heavy atom. The summed E-state index contributed by atoms with van der Waals surface area (Å²) < 4.78 is 4.55. The van der Waals surface area contributed by atoms with Crippen LogP contribution in [0.3, 0.4) is 0 Å². The van der Waals surface area contributed by atoms with Gasteiger partial charge in [0.25, 0.3) is 6.47 Å². The van der Waals surface area contributed by atoms with Crippen molar-refractivity contribution < 1.29 is 9.53 Å². The van der Waals surface area contributed by atoms with Gasteiger partial charge in [-0.1, -0.05) is 6.92 Å². The quantitative estimate of drug-likeness (QED) is 0.695. The Kier molecular flexibility index (Phi) is 6.54. The molecule has 3 heteroatoms. The van der Waals surface area contributed by atoms with Crippen molar-refractivity contribution in [1.29, 1.82) is 0 Å². The molecule has 1 aliphatic heterocycles. The zero-order valence-electron chi connectivity index (χ0n) is 9.80. The van der Waals surface area contributed by atoms with Crippen molar-refractivity contribution in [2.75, 3.05) is 6.54 Å². The second kappa shape index (κ2) is 6.82. The lowest BCUT2D eigenvalue weighted by Crippen LogP contribution is -2.19. The van der Waals surface area contributed by atoms with Crippen molar-refractivity contribution >= 4 is 6.47 Å². The highest BCUT2D eigenvalue weighted by molar-refractivity contribution is 5.37. The molecular weight excluding hydrogens is 178 g/mol. The van der Waals surface area contributed by atoms with Crippen LogP contribution in [0, 0.1) is 0 Å². The number of ether oxygens (including phenoxy) is 1. The minimum atomic E-state index is -0.318. The van der Waals surface area contributed by atoms with Crippen LogP contribution in [-0.2, 0) is 9.53 Å². The molecule has 0 radical (unpaired) electrons. The predicted octanol–water partition coefficient (Wildman–Crippen LogP) is 2.11. The number of hydrogen-bond acceptors (Lipinski definition) is 3. The van der Waals surface area contributed by atoms with Gasteiger partial charge in [0, 0.05) is 6.04 Å². The highest BCUT2D eigenvalue weighted by Gasteiger charge is 2.09. The molecule has 0 aromatic heterocycles. The average Bonchev–Trinajstić information content (AvgIpc) is 2.54. The second-order valence-electron chi connectivity index (χ2n) is 4.53. The van der Waals surface area contributed by atoms with Gasteiger partial charge in [-0.2, -0.15) is 0 Å². The van der Waals surface area contributed by atoms with Gasteiger partial charge in [-0.15, -0.1) is 0 Å². The third kappa shape index (κ3) is 8.05. The van der Waals surface area contributed by atoms with Gasteiger partial charge in [-0.25, -0.2) is 0 Å². The van der Waals surface area contributed by atoms with Crippen molar-refractivity contribution in [2.45, 2.75) is 58.6 Å². The maximum Gasteiger partial charge on any atom is 0.293 e. The second-order valence-corrected chi connectivity index (χ2v) is 4.53. The summed E-state index contributed by atoms with van der Waals surface area (Å²) >= 11 is 0. The lowest BCUT2D eigenvalue weighted by Gasteiger charge is -2.14. The number of hydrogen-bond donors (Lipinski definition) is 1. The maximum atomic E-state index is 9.60. The monoisotopic (exact) mass is 201 g/mol. The summed E-state index contributed by atoms with van der Waals surface area (Å²) in [5.41, 5.74) is -0.318. The average molecular weight is 201 g/mol. The topological polar surface area (TPSA) is 38.3 Å². The van der Waals surface area contributed by atoms with Crippen LogP contribution in [0.2, 0.25) is 0 Å². The van der Waals surface area contributed by atoms with E-state index in [9.17, 15) is 4.79 Å². The van der Waals surface area contributed by atoms with Gasteiger partial charge in [0.05, 0.1) is 0 Å². The normalized spacial score (nSPS) is 21.0. The zero-order valence-corrected chi connectivity index (χ0v) is 9.80. The summed E-state index contributed by atoms with van der Waals surface area (Å²) in [4.78, 5) is 9.60. The molecule has 0 aromatic rings. The van der Waals surface area contributed by atoms with Crippen LogP contribution in [0.25, 0.3) is 0 Å². The van der Waals surface area contributed by atoms with Gasteiger partial charge < -0.3 is 10.1 Å². The first-order valence-corrected chi connectivity index (χ1v) is 5.34. The van der Waals surface area contributed by atoms with Crippen LogP contribution in [0.4, 0.5) is 0 Å². The van der Waals surface area contributed by atoms with E-state index in [-0.39, 0.29) is 5.60 Å². The van der Waals surface area contributed by atoms with E-state index in [1.54, 1.807) is 0 Å². The van der Waals surface area contributed by atoms with Crippen LogP contribution in [0.15, 0.2) is 0 Å². The lowest BCUT2D eigenvalue weighted by molar-refractivity contribution is -0.138. The SMILES string of the molecule is CC(C)(C)OC=O.CCC1CCCN1. The summed E-state index contributed by atoms with van der Waals surface area (Å²) in [5.74, 6) is 0. The van der Waals surface area contributed by atoms with Crippen LogP contribution in [0.5, 0.6) is 0 Å². The molecule has 1 atom stereocenters. The molecule has 1 aliphatic rings. The smallest absolute Gasteiger partial charge is 0.293 e. The van der Waals surface area contributed by atoms with Crippen LogP contribution < -0.4 is 5.32 Å². The number of carbonyl (C=O) groups is 1. The van der Waals surface area contributed by atoms with E-state index in [0.717, 1.165) is 6.04 Å². The molecule has 0 aromatic carbocycles. The van der Waals surface area contributed by atoms with Crippen molar-refractivity contribution in [3.63, 3.8) is 0 Å². The van der Waals surface area contributed by atoms with E-state index in [1.165, 1.54) is 25.8 Å². The maximum absolute atomic E-state index is 9.60. The van der Waals surface area contributed by atoms with E-state index in [0.29, 0.717) is 6.47 Å². The highest BCUT2D eigenvalue weighted by Crippen LogP contribution is 2.06. The molecule has 0 saturated carbocycles. The summed E-state index contributed by atoms with van der Waals surface area (Å²) in [7, 11) is 0. The fourth-order valence-electron chi connectivity index (χ4n) is 1.25. The van der Waals surface area contributed by atoms with E-state index in [1.807, 2.05) is 20.8 Å². The summed E-state index contributed by atoms with van der Waals surface area (Å²) in [6.45, 7) is 9.41. The Balaban J connectivity index is 0.000000241. The van der Waals surface area contributed by atoms with Crippen LogP contribution in [-0.4, -0.2) is 24.7 Å². The third-order valence-electron chi connectivity index (χ3n) is 2.06. The summed E-state index contributed by atoms with van der Waals surface area (Å²) in [5, 5.41) is 3.41. The van der Waals surface area contributed by atoms with Gasteiger partial charge >= 0.3 is 0 Å². The fourth-order valence-corrected chi connectivity index (χ4v) is 1.25. The first-order valence-electron chi connectivity index (χ1n) is 5.34. The number of carbonyl (C=O) groups excluding carboxylic acids is 1. The molecule has 1 saturated heterocycles. The minimum absolute atomic E-state index is 0.318. The first kappa shape index (κ1) is 13.4. The van der Waals surface area contributed by atoms with E-state index >= 15 is 0 Å². The molecule has 1 N–H and O–H groups in total. The molecule has 14 heavy (non-hydrogen) atoms. The van der Waals surface area contributed by atoms with Crippen molar-refractivity contribution in [1.82, 2.24) is 5.32 Å². The molecule has 0 bridgehead atoms. The third-order valence-corrected chi connectivity index (χ3v) is 2.06. The summed E-state index contributed by atoms with van der Waals surface area (Å²) in [6.07, 6.45) is 4.09. The molecule has 0 spiro atoms. The molecule has 3 nitrogen and oxygen atoms in total.